The van der Waals surface area contributed by atoms with Crippen molar-refractivity contribution in [3.8, 4) is 0 Å². The molecule has 2 atom stereocenters. The van der Waals surface area contributed by atoms with E-state index in [1.807, 2.05) is 0 Å². The van der Waals surface area contributed by atoms with Crippen molar-refractivity contribution < 1.29 is 0 Å². The van der Waals surface area contributed by atoms with Crippen molar-refractivity contribution in [3.05, 3.63) is 33.8 Å². The van der Waals surface area contributed by atoms with Crippen molar-refractivity contribution in [2.45, 2.75) is 39.7 Å². The van der Waals surface area contributed by atoms with Crippen LogP contribution in [0.5, 0.6) is 0 Å². The summed E-state index contributed by atoms with van der Waals surface area (Å²) in [5.74, 6) is 0.687. The zero-order chi connectivity index (χ0) is 11.4. The number of benzene rings is 1. The molecule has 0 heterocycles. The molecule has 1 nitrogen and oxygen atoms in total. The molecule has 0 bridgehead atoms. The van der Waals surface area contributed by atoms with Gasteiger partial charge in [0.05, 0.1) is 0 Å². The lowest BCUT2D eigenvalue weighted by atomic mass is 9.94. The van der Waals surface area contributed by atoms with Crippen molar-refractivity contribution in [3.63, 3.8) is 0 Å². The smallest absolute Gasteiger partial charge is 0.0308 e. The van der Waals surface area contributed by atoms with Crippen LogP contribution in [0.1, 0.15) is 43.9 Å². The van der Waals surface area contributed by atoms with E-state index in [-0.39, 0.29) is 6.04 Å². The lowest BCUT2D eigenvalue weighted by Crippen LogP contribution is -2.14. The first-order valence-corrected chi connectivity index (χ1v) is 6.35. The van der Waals surface area contributed by atoms with Crippen LogP contribution < -0.4 is 5.73 Å². The molecular formula is C13H20BrN. The summed E-state index contributed by atoms with van der Waals surface area (Å²) >= 11 is 3.56. The first-order valence-electron chi connectivity index (χ1n) is 5.56. The van der Waals surface area contributed by atoms with Gasteiger partial charge in [0.25, 0.3) is 0 Å². The molecule has 2 N–H and O–H groups in total. The van der Waals surface area contributed by atoms with Crippen LogP contribution in [-0.2, 0) is 0 Å². The van der Waals surface area contributed by atoms with Gasteiger partial charge in [-0.05, 0) is 30.9 Å². The Morgan fingerprint density at radius 2 is 2.07 bits per heavy atom. The van der Waals surface area contributed by atoms with Gasteiger partial charge in [0.15, 0.2) is 0 Å². The normalized spacial score (nSPS) is 15.0. The van der Waals surface area contributed by atoms with E-state index in [2.05, 4.69) is 54.9 Å². The van der Waals surface area contributed by atoms with Gasteiger partial charge in [0, 0.05) is 10.5 Å². The second-order valence-electron chi connectivity index (χ2n) is 4.38. The quantitative estimate of drug-likeness (QED) is 0.872. The summed E-state index contributed by atoms with van der Waals surface area (Å²) in [5.41, 5.74) is 8.71. The molecule has 15 heavy (non-hydrogen) atoms. The van der Waals surface area contributed by atoms with Gasteiger partial charge in [-0.1, -0.05) is 53.9 Å². The summed E-state index contributed by atoms with van der Waals surface area (Å²) in [5, 5.41) is 0. The standard InChI is InChI=1S/C13H20BrN/c1-4-9(2)8-13(15)11-7-10(3)5-6-12(11)14/h5-7,9,13H,4,8,15H2,1-3H3. The number of nitrogens with two attached hydrogens (primary N) is 1. The molecule has 1 rings (SSSR count). The van der Waals surface area contributed by atoms with Crippen molar-refractivity contribution in [1.82, 2.24) is 0 Å². The Labute approximate surface area is 101 Å². The van der Waals surface area contributed by atoms with Gasteiger partial charge in [0.2, 0.25) is 0 Å². The lowest BCUT2D eigenvalue weighted by molar-refractivity contribution is 0.460. The molecule has 0 aliphatic carbocycles. The number of hydrogen-bond acceptors (Lipinski definition) is 1. The molecule has 2 heteroatoms. The fourth-order valence-electron chi connectivity index (χ4n) is 1.67. The molecule has 0 saturated heterocycles. The van der Waals surface area contributed by atoms with Crippen LogP contribution in [0.25, 0.3) is 0 Å². The zero-order valence-corrected chi connectivity index (χ0v) is 11.3. The fraction of sp³-hybridized carbons (Fsp3) is 0.538. The number of hydrogen-bond donors (Lipinski definition) is 1. The van der Waals surface area contributed by atoms with Crippen LogP contribution in [-0.4, -0.2) is 0 Å². The minimum Gasteiger partial charge on any atom is -0.324 e. The Hall–Kier alpha value is -0.340. The molecule has 0 amide bonds. The first-order chi connectivity index (χ1) is 7.04. The maximum atomic E-state index is 6.21. The molecule has 0 saturated carbocycles. The predicted octanol–water partition coefficient (Wildman–Crippen LogP) is 4.19. The van der Waals surface area contributed by atoms with E-state index in [1.165, 1.54) is 17.5 Å². The Bertz CT molecular complexity index is 322. The van der Waals surface area contributed by atoms with Gasteiger partial charge >= 0.3 is 0 Å². The van der Waals surface area contributed by atoms with E-state index in [4.69, 9.17) is 5.73 Å². The summed E-state index contributed by atoms with van der Waals surface area (Å²) < 4.78 is 1.13. The molecule has 84 valence electrons. The Morgan fingerprint density at radius 3 is 2.67 bits per heavy atom. The maximum absolute atomic E-state index is 6.21. The second kappa shape index (κ2) is 5.66. The topological polar surface area (TPSA) is 26.0 Å². The summed E-state index contributed by atoms with van der Waals surface area (Å²) in [4.78, 5) is 0. The predicted molar refractivity (Wildman–Crippen MR) is 69.9 cm³/mol. The average molecular weight is 270 g/mol. The molecule has 0 radical (unpaired) electrons. The number of rotatable bonds is 4. The second-order valence-corrected chi connectivity index (χ2v) is 5.23. The van der Waals surface area contributed by atoms with E-state index in [1.54, 1.807) is 0 Å². The maximum Gasteiger partial charge on any atom is 0.0308 e. The number of halogens is 1. The summed E-state index contributed by atoms with van der Waals surface area (Å²) in [6.45, 7) is 6.57. The molecule has 0 aromatic heterocycles. The third kappa shape index (κ3) is 3.62. The van der Waals surface area contributed by atoms with E-state index >= 15 is 0 Å². The van der Waals surface area contributed by atoms with Gasteiger partial charge in [0.1, 0.15) is 0 Å². The minimum absolute atomic E-state index is 0.147. The van der Waals surface area contributed by atoms with Crippen molar-refractivity contribution >= 4 is 15.9 Å². The molecule has 2 unspecified atom stereocenters. The summed E-state index contributed by atoms with van der Waals surface area (Å²) in [6.07, 6.45) is 2.25. The molecule has 0 aliphatic heterocycles. The highest BCUT2D eigenvalue weighted by atomic mass is 79.9. The van der Waals surface area contributed by atoms with E-state index in [9.17, 15) is 0 Å². The Kier molecular flexibility index (Phi) is 4.81. The lowest BCUT2D eigenvalue weighted by Gasteiger charge is -2.18. The SMILES string of the molecule is CCC(C)CC(N)c1cc(C)ccc1Br. The van der Waals surface area contributed by atoms with Gasteiger partial charge in [-0.25, -0.2) is 0 Å². The van der Waals surface area contributed by atoms with Gasteiger partial charge < -0.3 is 5.73 Å². The van der Waals surface area contributed by atoms with Crippen LogP contribution in [0.15, 0.2) is 22.7 Å². The van der Waals surface area contributed by atoms with Gasteiger partial charge in [-0.15, -0.1) is 0 Å². The highest BCUT2D eigenvalue weighted by Crippen LogP contribution is 2.27. The molecular weight excluding hydrogens is 250 g/mol. The molecule has 1 aromatic rings. The monoisotopic (exact) mass is 269 g/mol. The molecule has 0 fully saturated rings. The van der Waals surface area contributed by atoms with Crippen LogP contribution in [0.4, 0.5) is 0 Å². The van der Waals surface area contributed by atoms with Crippen LogP contribution in [0.2, 0.25) is 0 Å². The van der Waals surface area contributed by atoms with Gasteiger partial charge in [-0.2, -0.15) is 0 Å². The minimum atomic E-state index is 0.147. The van der Waals surface area contributed by atoms with E-state index in [0.29, 0.717) is 5.92 Å². The number of aryl methyl sites for hydroxylation is 1. The Morgan fingerprint density at radius 1 is 1.40 bits per heavy atom. The van der Waals surface area contributed by atoms with Gasteiger partial charge in [-0.3, -0.25) is 0 Å². The third-order valence-electron chi connectivity index (χ3n) is 2.90. The molecule has 0 aliphatic rings. The molecule has 0 spiro atoms. The highest BCUT2D eigenvalue weighted by molar-refractivity contribution is 9.10. The first kappa shape index (κ1) is 12.7. The van der Waals surface area contributed by atoms with Crippen molar-refractivity contribution in [1.29, 1.82) is 0 Å². The fourth-order valence-corrected chi connectivity index (χ4v) is 2.22. The average Bonchev–Trinajstić information content (AvgIpc) is 2.21. The van der Waals surface area contributed by atoms with E-state index < -0.39 is 0 Å². The molecule has 1 aromatic carbocycles. The van der Waals surface area contributed by atoms with E-state index in [0.717, 1.165) is 10.9 Å². The van der Waals surface area contributed by atoms with Crippen LogP contribution in [0, 0.1) is 12.8 Å². The summed E-state index contributed by atoms with van der Waals surface area (Å²) in [7, 11) is 0. The van der Waals surface area contributed by atoms with Crippen molar-refractivity contribution in [2.24, 2.45) is 11.7 Å². The largest absolute Gasteiger partial charge is 0.324 e. The van der Waals surface area contributed by atoms with Crippen LogP contribution >= 0.6 is 15.9 Å². The van der Waals surface area contributed by atoms with Crippen molar-refractivity contribution in [2.75, 3.05) is 0 Å². The van der Waals surface area contributed by atoms with Crippen LogP contribution in [0.3, 0.4) is 0 Å². The summed E-state index contributed by atoms with van der Waals surface area (Å²) in [6, 6.07) is 6.51. The third-order valence-corrected chi connectivity index (χ3v) is 3.63. The Balaban J connectivity index is 2.80. The highest BCUT2D eigenvalue weighted by Gasteiger charge is 2.12. The zero-order valence-electron chi connectivity index (χ0n) is 9.76.